The van der Waals surface area contributed by atoms with Crippen molar-refractivity contribution in [2.75, 3.05) is 23.3 Å². The molecule has 0 aromatic carbocycles. The first-order chi connectivity index (χ1) is 13.4. The van der Waals surface area contributed by atoms with E-state index in [1.54, 1.807) is 11.6 Å². The monoisotopic (exact) mass is 405 g/mol. The number of halogens is 2. The molecule has 28 heavy (non-hydrogen) atoms. The standard InChI is InChI=1S/C17H17F2N7OS/c1-25-7-11(14(24-25)15(18)19)22-16(27)10-8-28-17-13(10)23-12(5-21-17)26-4-2-3-9(20)6-26/h5,7-8,15,20H,2-4,6H2,1H3,(H,22,27). The van der Waals surface area contributed by atoms with Crippen LogP contribution >= 0.6 is 11.3 Å². The lowest BCUT2D eigenvalue weighted by Gasteiger charge is -2.27. The van der Waals surface area contributed by atoms with Gasteiger partial charge in [-0.05, 0) is 12.8 Å². The van der Waals surface area contributed by atoms with Crippen molar-refractivity contribution in [3.05, 3.63) is 29.0 Å². The lowest BCUT2D eigenvalue weighted by molar-refractivity contribution is 0.102. The average molecular weight is 405 g/mol. The molecule has 2 N–H and O–H groups in total. The molecule has 3 aromatic heterocycles. The number of nitrogens with one attached hydrogen (secondary N) is 2. The Hall–Kier alpha value is -2.95. The van der Waals surface area contributed by atoms with Gasteiger partial charge in [-0.2, -0.15) is 5.10 Å². The third-order valence-corrected chi connectivity index (χ3v) is 5.31. The first-order valence-corrected chi connectivity index (χ1v) is 9.49. The number of anilines is 2. The number of thiophene rings is 1. The van der Waals surface area contributed by atoms with E-state index in [9.17, 15) is 13.6 Å². The highest BCUT2D eigenvalue weighted by molar-refractivity contribution is 7.17. The van der Waals surface area contributed by atoms with E-state index in [4.69, 9.17) is 5.41 Å². The number of fused-ring (bicyclic) bond motifs is 1. The van der Waals surface area contributed by atoms with Crippen LogP contribution in [-0.4, -0.2) is 44.5 Å². The summed E-state index contributed by atoms with van der Waals surface area (Å²) < 4.78 is 27.4. The van der Waals surface area contributed by atoms with Crippen molar-refractivity contribution in [3.8, 4) is 0 Å². The lowest BCUT2D eigenvalue weighted by atomic mass is 10.1. The zero-order valence-corrected chi connectivity index (χ0v) is 15.8. The number of amides is 1. The van der Waals surface area contributed by atoms with Gasteiger partial charge in [-0.1, -0.05) is 0 Å². The normalized spacial score (nSPS) is 14.9. The summed E-state index contributed by atoms with van der Waals surface area (Å²) in [5.74, 6) is 0.0537. The molecule has 0 unspecified atom stereocenters. The van der Waals surface area contributed by atoms with Gasteiger partial charge in [0, 0.05) is 30.9 Å². The Balaban J connectivity index is 1.64. The molecule has 8 nitrogen and oxygen atoms in total. The van der Waals surface area contributed by atoms with E-state index in [1.165, 1.54) is 29.3 Å². The first kappa shape index (κ1) is 18.4. The van der Waals surface area contributed by atoms with Crippen molar-refractivity contribution in [1.29, 1.82) is 5.41 Å². The summed E-state index contributed by atoms with van der Waals surface area (Å²) in [6, 6.07) is 0. The lowest BCUT2D eigenvalue weighted by Crippen LogP contribution is -2.35. The van der Waals surface area contributed by atoms with E-state index < -0.39 is 18.0 Å². The van der Waals surface area contributed by atoms with Crippen LogP contribution in [0.4, 0.5) is 20.3 Å². The molecule has 0 radical (unpaired) electrons. The Morgan fingerprint density at radius 3 is 3.00 bits per heavy atom. The van der Waals surface area contributed by atoms with Gasteiger partial charge in [0.2, 0.25) is 0 Å². The second kappa shape index (κ2) is 7.23. The zero-order valence-electron chi connectivity index (χ0n) is 14.9. The van der Waals surface area contributed by atoms with Crippen molar-refractivity contribution in [3.63, 3.8) is 0 Å². The molecule has 1 aliphatic heterocycles. The van der Waals surface area contributed by atoms with Gasteiger partial charge in [0.25, 0.3) is 12.3 Å². The highest BCUT2D eigenvalue weighted by atomic mass is 32.1. The molecule has 0 bridgehead atoms. The largest absolute Gasteiger partial charge is 0.350 e. The molecule has 0 atom stereocenters. The van der Waals surface area contributed by atoms with Gasteiger partial charge in [0.15, 0.2) is 5.69 Å². The highest BCUT2D eigenvalue weighted by Gasteiger charge is 2.23. The van der Waals surface area contributed by atoms with Crippen LogP contribution in [0.1, 0.15) is 35.3 Å². The highest BCUT2D eigenvalue weighted by Crippen LogP contribution is 2.29. The molecule has 3 aromatic rings. The number of rotatable bonds is 4. The minimum Gasteiger partial charge on any atom is -0.350 e. The Bertz CT molecular complexity index is 1060. The molecule has 11 heteroatoms. The minimum atomic E-state index is -2.79. The fraction of sp³-hybridized carbons (Fsp3) is 0.353. The summed E-state index contributed by atoms with van der Waals surface area (Å²) in [6.45, 7) is 1.25. The van der Waals surface area contributed by atoms with Gasteiger partial charge in [-0.15, -0.1) is 11.3 Å². The summed E-state index contributed by atoms with van der Waals surface area (Å²) >= 11 is 1.26. The molecule has 1 amide bonds. The minimum absolute atomic E-state index is 0.0320. The summed E-state index contributed by atoms with van der Waals surface area (Å²) in [5, 5.41) is 15.7. The smallest absolute Gasteiger partial charge is 0.284 e. The molecule has 0 spiro atoms. The number of hydrogen-bond donors (Lipinski definition) is 2. The Labute approximate surface area is 162 Å². The van der Waals surface area contributed by atoms with Crippen LogP contribution in [0, 0.1) is 5.41 Å². The summed E-state index contributed by atoms with van der Waals surface area (Å²) in [7, 11) is 1.51. The van der Waals surface area contributed by atoms with Crippen LogP contribution in [0.5, 0.6) is 0 Å². The second-order valence-corrected chi connectivity index (χ2v) is 7.37. The first-order valence-electron chi connectivity index (χ1n) is 8.61. The molecule has 1 fully saturated rings. The van der Waals surface area contributed by atoms with Crippen molar-refractivity contribution in [1.82, 2.24) is 19.7 Å². The van der Waals surface area contributed by atoms with Crippen LogP contribution in [0.2, 0.25) is 0 Å². The van der Waals surface area contributed by atoms with Crippen LogP contribution in [-0.2, 0) is 7.05 Å². The van der Waals surface area contributed by atoms with E-state index in [0.717, 1.165) is 19.4 Å². The van der Waals surface area contributed by atoms with E-state index in [1.807, 2.05) is 4.90 Å². The van der Waals surface area contributed by atoms with Crippen molar-refractivity contribution < 1.29 is 13.6 Å². The van der Waals surface area contributed by atoms with E-state index in [-0.39, 0.29) is 11.3 Å². The molecular formula is C17H17F2N7OS. The van der Waals surface area contributed by atoms with Crippen LogP contribution in [0.25, 0.3) is 10.3 Å². The summed E-state index contributed by atoms with van der Waals surface area (Å²) in [5.41, 5.74) is 0.807. The maximum atomic E-state index is 13.1. The van der Waals surface area contributed by atoms with Gasteiger partial charge in [0.1, 0.15) is 16.2 Å². The van der Waals surface area contributed by atoms with Gasteiger partial charge < -0.3 is 15.6 Å². The number of hydrogen-bond acceptors (Lipinski definition) is 7. The fourth-order valence-corrected chi connectivity index (χ4v) is 3.96. The zero-order chi connectivity index (χ0) is 19.8. The van der Waals surface area contributed by atoms with Gasteiger partial charge in [-0.3, -0.25) is 9.48 Å². The predicted octanol–water partition coefficient (Wildman–Crippen LogP) is 3.23. The quantitative estimate of drug-likeness (QED) is 0.694. The van der Waals surface area contributed by atoms with Crippen LogP contribution in [0.3, 0.4) is 0 Å². The van der Waals surface area contributed by atoms with Crippen molar-refractivity contribution in [2.45, 2.75) is 19.3 Å². The number of carbonyl (C=O) groups excluding carboxylic acids is 1. The number of alkyl halides is 2. The van der Waals surface area contributed by atoms with Crippen LogP contribution in [0.15, 0.2) is 17.8 Å². The van der Waals surface area contributed by atoms with E-state index >= 15 is 0 Å². The van der Waals surface area contributed by atoms with Crippen molar-refractivity contribution >= 4 is 44.8 Å². The number of aromatic nitrogens is 4. The van der Waals surface area contributed by atoms with Gasteiger partial charge in [0.05, 0.1) is 24.0 Å². The molecule has 1 aliphatic rings. The van der Waals surface area contributed by atoms with E-state index in [2.05, 4.69) is 20.4 Å². The number of aryl methyl sites for hydroxylation is 1. The molecule has 4 rings (SSSR count). The maximum Gasteiger partial charge on any atom is 0.284 e. The number of carbonyl (C=O) groups is 1. The summed E-state index contributed by atoms with van der Waals surface area (Å²) in [6.07, 6.45) is 1.82. The SMILES string of the molecule is Cn1cc(NC(=O)c2csc3ncc(N4CCCC(=N)C4)nc23)c(C(F)F)n1. The fourth-order valence-electron chi connectivity index (χ4n) is 3.13. The molecule has 0 saturated carbocycles. The third kappa shape index (κ3) is 3.44. The number of nitrogens with zero attached hydrogens (tertiary/aromatic N) is 5. The van der Waals surface area contributed by atoms with Gasteiger partial charge >= 0.3 is 0 Å². The molecular weight excluding hydrogens is 388 g/mol. The van der Waals surface area contributed by atoms with E-state index in [0.29, 0.717) is 28.4 Å². The predicted molar refractivity (Wildman–Crippen MR) is 103 cm³/mol. The number of piperidine rings is 1. The summed E-state index contributed by atoms with van der Waals surface area (Å²) in [4.78, 5) is 24.2. The third-order valence-electron chi connectivity index (χ3n) is 4.44. The Morgan fingerprint density at radius 1 is 1.43 bits per heavy atom. The molecule has 146 valence electrons. The van der Waals surface area contributed by atoms with Crippen LogP contribution < -0.4 is 10.2 Å². The Morgan fingerprint density at radius 2 is 2.25 bits per heavy atom. The molecule has 4 heterocycles. The molecule has 1 saturated heterocycles. The van der Waals surface area contributed by atoms with Crippen molar-refractivity contribution in [2.24, 2.45) is 7.05 Å². The maximum absolute atomic E-state index is 13.1. The Kier molecular flexibility index (Phi) is 4.75. The molecule has 0 aliphatic carbocycles. The average Bonchev–Trinajstić information content (AvgIpc) is 3.24. The topological polar surface area (TPSA) is 99.8 Å². The second-order valence-electron chi connectivity index (χ2n) is 6.52. The van der Waals surface area contributed by atoms with Gasteiger partial charge in [-0.25, -0.2) is 18.7 Å².